The van der Waals surface area contributed by atoms with E-state index in [-0.39, 0.29) is 18.2 Å². The van der Waals surface area contributed by atoms with Gasteiger partial charge < -0.3 is 14.4 Å². The number of anilines is 2. The predicted octanol–water partition coefficient (Wildman–Crippen LogP) is 6.80. The number of hydrogen-bond acceptors (Lipinski definition) is 2. The lowest BCUT2D eigenvalue weighted by Gasteiger charge is -2.36. The number of rotatable bonds is 4. The van der Waals surface area contributed by atoms with Gasteiger partial charge in [0.1, 0.15) is 12.0 Å². The highest BCUT2D eigenvalue weighted by Crippen LogP contribution is 2.50. The molecule has 0 amide bonds. The molecule has 1 fully saturated rings. The third-order valence-corrected chi connectivity index (χ3v) is 6.90. The lowest BCUT2D eigenvalue weighted by Crippen LogP contribution is -2.35. The van der Waals surface area contributed by atoms with Crippen molar-refractivity contribution in [1.82, 2.24) is 4.57 Å². The number of hydrogen-bond donors (Lipinski definition) is 0. The fourth-order valence-corrected chi connectivity index (χ4v) is 5.45. The van der Waals surface area contributed by atoms with Gasteiger partial charge >= 0.3 is 0 Å². The lowest BCUT2D eigenvalue weighted by molar-refractivity contribution is 0.623. The Morgan fingerprint density at radius 3 is 1.88 bits per heavy atom. The Balaban J connectivity index is 1.80. The van der Waals surface area contributed by atoms with Crippen LogP contribution in [0.15, 0.2) is 97.2 Å². The second-order valence-electron chi connectivity index (χ2n) is 8.90. The van der Waals surface area contributed by atoms with Crippen molar-refractivity contribution in [2.75, 3.05) is 9.80 Å². The first kappa shape index (κ1) is 20.4. The van der Waals surface area contributed by atoms with Crippen LogP contribution in [0, 0.1) is 13.8 Å². The molecule has 0 aliphatic carbocycles. The largest absolute Gasteiger partial charge is 0.338 e. The Hall–Kier alpha value is -3.46. The monoisotopic (exact) mass is 421 g/mol. The number of aryl methyl sites for hydroxylation is 3. The maximum atomic E-state index is 2.63. The van der Waals surface area contributed by atoms with E-state index in [1.165, 1.54) is 33.8 Å². The Bertz CT molecular complexity index is 1180. The Labute approximate surface area is 191 Å². The molecular formula is C29H31N3. The zero-order valence-corrected chi connectivity index (χ0v) is 19.3. The van der Waals surface area contributed by atoms with Crippen molar-refractivity contribution >= 4 is 11.5 Å². The summed E-state index contributed by atoms with van der Waals surface area (Å²) in [4.78, 5) is 5.24. The summed E-state index contributed by atoms with van der Waals surface area (Å²) in [6.45, 7) is 6.86. The van der Waals surface area contributed by atoms with Crippen LogP contribution in [-0.4, -0.2) is 10.6 Å². The molecule has 3 heteroatoms. The summed E-state index contributed by atoms with van der Waals surface area (Å²) in [5.41, 5.74) is 6.64. The minimum absolute atomic E-state index is 0.0902. The van der Waals surface area contributed by atoms with Gasteiger partial charge in [-0.3, -0.25) is 0 Å². The summed E-state index contributed by atoms with van der Waals surface area (Å²) >= 11 is 0. The van der Waals surface area contributed by atoms with E-state index in [0.717, 1.165) is 0 Å². The zero-order chi connectivity index (χ0) is 22.2. The second-order valence-corrected chi connectivity index (χ2v) is 8.90. The van der Waals surface area contributed by atoms with Crippen molar-refractivity contribution in [3.63, 3.8) is 0 Å². The Morgan fingerprint density at radius 2 is 1.28 bits per heavy atom. The van der Waals surface area contributed by atoms with Gasteiger partial charge in [-0.1, -0.05) is 66.7 Å². The molecule has 2 unspecified atom stereocenters. The molecule has 0 bridgehead atoms. The summed E-state index contributed by atoms with van der Waals surface area (Å²) in [5.74, 6) is 1.24. The molecule has 5 rings (SSSR count). The van der Waals surface area contributed by atoms with Gasteiger partial charge in [-0.2, -0.15) is 0 Å². The zero-order valence-electron chi connectivity index (χ0n) is 19.3. The van der Waals surface area contributed by atoms with Crippen LogP contribution >= 0.6 is 0 Å². The van der Waals surface area contributed by atoms with Crippen LogP contribution in [0.25, 0.3) is 0 Å². The molecule has 2 heterocycles. The minimum Gasteiger partial charge on any atom is -0.338 e. The molecule has 1 saturated heterocycles. The van der Waals surface area contributed by atoms with Crippen molar-refractivity contribution in [3.05, 3.63) is 119 Å². The van der Waals surface area contributed by atoms with Crippen molar-refractivity contribution < 1.29 is 0 Å². The highest BCUT2D eigenvalue weighted by atomic mass is 15.5. The van der Waals surface area contributed by atoms with Gasteiger partial charge in [0, 0.05) is 24.5 Å². The molecule has 1 aromatic heterocycles. The molecule has 4 aromatic rings. The number of aromatic nitrogens is 1. The third-order valence-electron chi connectivity index (χ3n) is 6.90. The van der Waals surface area contributed by atoms with Crippen LogP contribution in [0.4, 0.5) is 11.5 Å². The van der Waals surface area contributed by atoms with Gasteiger partial charge in [-0.15, -0.1) is 0 Å². The first-order valence-corrected chi connectivity index (χ1v) is 11.4. The van der Waals surface area contributed by atoms with Gasteiger partial charge in [0.15, 0.2) is 0 Å². The molecule has 1 aliphatic heterocycles. The van der Waals surface area contributed by atoms with Gasteiger partial charge in [-0.25, -0.2) is 0 Å². The van der Waals surface area contributed by atoms with Crippen LogP contribution in [0.3, 0.4) is 0 Å². The molecule has 3 atom stereocenters. The SMILES string of the molecule is Cc1cccc(C)c1C1N(c2ccccc2)C(c2ccccc2)[C@H](C)N1c1cccn1C. The lowest BCUT2D eigenvalue weighted by atomic mass is 9.98. The molecule has 0 N–H and O–H groups in total. The van der Waals surface area contributed by atoms with Crippen LogP contribution in [-0.2, 0) is 7.05 Å². The topological polar surface area (TPSA) is 11.4 Å². The molecule has 0 radical (unpaired) electrons. The Morgan fingerprint density at radius 1 is 0.656 bits per heavy atom. The number of para-hydroxylation sites is 1. The number of benzene rings is 3. The normalized spacial score (nSPS) is 20.7. The van der Waals surface area contributed by atoms with E-state index in [1.54, 1.807) is 0 Å². The molecule has 3 aromatic carbocycles. The van der Waals surface area contributed by atoms with Crippen LogP contribution in [0.2, 0.25) is 0 Å². The molecule has 0 saturated carbocycles. The van der Waals surface area contributed by atoms with Crippen molar-refractivity contribution in [2.24, 2.45) is 7.05 Å². The molecule has 0 spiro atoms. The predicted molar refractivity (Wildman–Crippen MR) is 134 cm³/mol. The van der Waals surface area contributed by atoms with E-state index in [0.29, 0.717) is 0 Å². The van der Waals surface area contributed by atoms with Gasteiger partial charge in [-0.05, 0) is 61.7 Å². The van der Waals surface area contributed by atoms with Crippen LogP contribution < -0.4 is 9.80 Å². The number of nitrogens with zero attached hydrogens (tertiary/aromatic N) is 3. The van der Waals surface area contributed by atoms with Gasteiger partial charge in [0.25, 0.3) is 0 Å². The summed E-state index contributed by atoms with van der Waals surface area (Å²) in [6, 6.07) is 33.4. The molecule has 3 nitrogen and oxygen atoms in total. The van der Waals surface area contributed by atoms with Gasteiger partial charge in [0.05, 0.1) is 12.1 Å². The summed E-state index contributed by atoms with van der Waals surface area (Å²) in [7, 11) is 2.15. The first-order chi connectivity index (χ1) is 15.6. The summed E-state index contributed by atoms with van der Waals surface area (Å²) < 4.78 is 2.24. The summed E-state index contributed by atoms with van der Waals surface area (Å²) in [5, 5.41) is 0. The van der Waals surface area contributed by atoms with Crippen molar-refractivity contribution in [1.29, 1.82) is 0 Å². The van der Waals surface area contributed by atoms with E-state index in [1.807, 2.05) is 0 Å². The maximum Gasteiger partial charge on any atom is 0.131 e. The van der Waals surface area contributed by atoms with Crippen molar-refractivity contribution in [2.45, 2.75) is 39.0 Å². The molecule has 1 aliphatic rings. The van der Waals surface area contributed by atoms with Crippen molar-refractivity contribution in [3.8, 4) is 0 Å². The second kappa shape index (κ2) is 8.23. The third kappa shape index (κ3) is 3.29. The van der Waals surface area contributed by atoms with E-state index in [4.69, 9.17) is 0 Å². The van der Waals surface area contributed by atoms with E-state index >= 15 is 0 Å². The smallest absolute Gasteiger partial charge is 0.131 e. The molecule has 162 valence electrons. The summed E-state index contributed by atoms with van der Waals surface area (Å²) in [6.07, 6.45) is 2.24. The molecule has 32 heavy (non-hydrogen) atoms. The quantitative estimate of drug-likeness (QED) is 0.359. The van der Waals surface area contributed by atoms with Crippen LogP contribution in [0.5, 0.6) is 0 Å². The average Bonchev–Trinajstić information content (AvgIpc) is 3.35. The highest BCUT2D eigenvalue weighted by molar-refractivity contribution is 5.63. The fraction of sp³-hybridized carbons (Fsp3) is 0.241. The maximum absolute atomic E-state index is 2.63. The van der Waals surface area contributed by atoms with E-state index in [2.05, 4.69) is 139 Å². The molecular weight excluding hydrogens is 390 g/mol. The van der Waals surface area contributed by atoms with Gasteiger partial charge in [0.2, 0.25) is 0 Å². The fourth-order valence-electron chi connectivity index (χ4n) is 5.45. The standard InChI is InChI=1S/C29H31N3/c1-21-13-11-14-22(2)27(21)29-31(26-19-12-20-30(26)4)23(3)28(24-15-7-5-8-16-24)32(29)25-17-9-6-10-18-25/h5-20,23,28-29H,1-4H3/t23-,28?,29?/m0/s1. The van der Waals surface area contributed by atoms with E-state index in [9.17, 15) is 0 Å². The van der Waals surface area contributed by atoms with E-state index < -0.39 is 0 Å². The minimum atomic E-state index is 0.0902. The Kier molecular flexibility index (Phi) is 5.26. The van der Waals surface area contributed by atoms with Crippen LogP contribution in [0.1, 0.15) is 41.4 Å². The average molecular weight is 422 g/mol. The highest BCUT2D eigenvalue weighted by Gasteiger charge is 2.48. The first-order valence-electron chi connectivity index (χ1n) is 11.4.